The second-order valence-electron chi connectivity index (χ2n) is 7.21. The van der Waals surface area contributed by atoms with Crippen LogP contribution >= 0.6 is 28.1 Å². The van der Waals surface area contributed by atoms with E-state index < -0.39 is 0 Å². The Morgan fingerprint density at radius 1 is 1.12 bits per heavy atom. The minimum absolute atomic E-state index is 0.212. The van der Waals surface area contributed by atoms with Crippen LogP contribution in [-0.4, -0.2) is 23.1 Å². The van der Waals surface area contributed by atoms with Gasteiger partial charge in [-0.3, -0.25) is 10.1 Å². The van der Waals surface area contributed by atoms with Crippen LogP contribution in [0.5, 0.6) is 5.75 Å². The van der Waals surface area contributed by atoms with Gasteiger partial charge >= 0.3 is 0 Å². The molecule has 4 aromatic rings. The number of oxazole rings is 1. The Morgan fingerprint density at radius 2 is 1.91 bits per heavy atom. The van der Waals surface area contributed by atoms with E-state index in [2.05, 4.69) is 31.5 Å². The van der Waals surface area contributed by atoms with Crippen LogP contribution < -0.4 is 15.4 Å². The molecule has 4 rings (SSSR count). The highest BCUT2D eigenvalue weighted by Gasteiger charge is 2.11. The highest BCUT2D eigenvalue weighted by Crippen LogP contribution is 2.25. The number of benzene rings is 3. The standard InChI is InChI=1S/C24H20BrN3O3S/c1-14-3-9-21-19(11-14)27-22(31-21)12-15-4-7-17(8-5-15)26-24(32)28-23(29)16-6-10-20(30-2)18(25)13-16/h3-11,13H,12H2,1-2H3,(H2,26,28,29,32). The third kappa shape index (κ3) is 5.15. The lowest BCUT2D eigenvalue weighted by molar-refractivity contribution is 0.0977. The maximum Gasteiger partial charge on any atom is 0.257 e. The van der Waals surface area contributed by atoms with Gasteiger partial charge in [0.1, 0.15) is 11.3 Å². The quantitative estimate of drug-likeness (QED) is 0.339. The first-order chi connectivity index (χ1) is 15.4. The molecule has 8 heteroatoms. The SMILES string of the molecule is COc1ccc(C(=O)NC(=S)Nc2ccc(Cc3nc4cc(C)ccc4o3)cc2)cc1Br. The van der Waals surface area contributed by atoms with Gasteiger partial charge in [-0.1, -0.05) is 18.2 Å². The molecule has 0 aliphatic carbocycles. The summed E-state index contributed by atoms with van der Waals surface area (Å²) in [6.45, 7) is 2.03. The summed E-state index contributed by atoms with van der Waals surface area (Å²) in [5, 5.41) is 5.91. The zero-order chi connectivity index (χ0) is 22.7. The van der Waals surface area contributed by atoms with Gasteiger partial charge in [0.25, 0.3) is 5.91 Å². The summed E-state index contributed by atoms with van der Waals surface area (Å²) in [7, 11) is 1.57. The Kier molecular flexibility index (Phi) is 6.53. The molecule has 1 heterocycles. The van der Waals surface area contributed by atoms with Gasteiger partial charge in [0.15, 0.2) is 16.6 Å². The summed E-state index contributed by atoms with van der Waals surface area (Å²) in [5.41, 5.74) is 5.08. The minimum atomic E-state index is -0.311. The fourth-order valence-electron chi connectivity index (χ4n) is 3.19. The highest BCUT2D eigenvalue weighted by atomic mass is 79.9. The number of aryl methyl sites for hydroxylation is 1. The van der Waals surface area contributed by atoms with Crippen LogP contribution in [0.2, 0.25) is 0 Å². The van der Waals surface area contributed by atoms with Crippen molar-refractivity contribution < 1.29 is 13.9 Å². The van der Waals surface area contributed by atoms with Gasteiger partial charge in [-0.2, -0.15) is 0 Å². The molecule has 32 heavy (non-hydrogen) atoms. The Balaban J connectivity index is 1.35. The van der Waals surface area contributed by atoms with Crippen LogP contribution in [-0.2, 0) is 6.42 Å². The minimum Gasteiger partial charge on any atom is -0.496 e. The number of hydrogen-bond acceptors (Lipinski definition) is 5. The zero-order valence-electron chi connectivity index (χ0n) is 17.4. The summed E-state index contributed by atoms with van der Waals surface area (Å²) in [6, 6.07) is 18.7. The molecular formula is C24H20BrN3O3S. The van der Waals surface area contributed by atoms with Crippen molar-refractivity contribution in [3.8, 4) is 5.75 Å². The Bertz CT molecular complexity index is 1300. The normalized spacial score (nSPS) is 10.7. The van der Waals surface area contributed by atoms with Gasteiger partial charge in [-0.05, 0) is 88.7 Å². The van der Waals surface area contributed by atoms with Crippen molar-refractivity contribution in [2.75, 3.05) is 12.4 Å². The first-order valence-electron chi connectivity index (χ1n) is 9.82. The first-order valence-corrected chi connectivity index (χ1v) is 11.0. The number of methoxy groups -OCH3 is 1. The maximum absolute atomic E-state index is 12.4. The second kappa shape index (κ2) is 9.50. The van der Waals surface area contributed by atoms with Crippen LogP contribution in [0.3, 0.4) is 0 Å². The molecule has 0 spiro atoms. The monoisotopic (exact) mass is 509 g/mol. The number of anilines is 1. The van der Waals surface area contributed by atoms with E-state index in [1.165, 1.54) is 0 Å². The van der Waals surface area contributed by atoms with Gasteiger partial charge in [0.2, 0.25) is 0 Å². The lowest BCUT2D eigenvalue weighted by atomic mass is 10.1. The first kappa shape index (κ1) is 22.0. The molecule has 0 aliphatic heterocycles. The number of amides is 1. The fraction of sp³-hybridized carbons (Fsp3) is 0.125. The number of nitrogens with one attached hydrogen (secondary N) is 2. The average molecular weight is 510 g/mol. The molecular weight excluding hydrogens is 490 g/mol. The van der Waals surface area contributed by atoms with E-state index in [1.54, 1.807) is 25.3 Å². The molecule has 0 saturated carbocycles. The summed E-state index contributed by atoms with van der Waals surface area (Å²) in [5.74, 6) is 1.00. The molecule has 0 fully saturated rings. The van der Waals surface area contributed by atoms with Gasteiger partial charge in [-0.15, -0.1) is 0 Å². The third-order valence-electron chi connectivity index (χ3n) is 4.80. The zero-order valence-corrected chi connectivity index (χ0v) is 19.8. The van der Waals surface area contributed by atoms with Crippen molar-refractivity contribution in [3.05, 3.63) is 87.7 Å². The molecule has 1 amide bonds. The van der Waals surface area contributed by atoms with E-state index in [1.807, 2.05) is 49.4 Å². The number of hydrogen-bond donors (Lipinski definition) is 2. The van der Waals surface area contributed by atoms with Crippen molar-refractivity contribution in [3.63, 3.8) is 0 Å². The largest absolute Gasteiger partial charge is 0.496 e. The molecule has 0 aliphatic rings. The molecule has 0 radical (unpaired) electrons. The number of nitrogens with zero attached hydrogens (tertiary/aromatic N) is 1. The number of rotatable bonds is 5. The lowest BCUT2D eigenvalue weighted by Crippen LogP contribution is -2.34. The maximum atomic E-state index is 12.4. The summed E-state index contributed by atoms with van der Waals surface area (Å²) in [4.78, 5) is 17.0. The van der Waals surface area contributed by atoms with E-state index in [0.717, 1.165) is 27.9 Å². The number of aromatic nitrogens is 1. The van der Waals surface area contributed by atoms with Gasteiger partial charge in [0, 0.05) is 17.7 Å². The molecule has 3 aromatic carbocycles. The molecule has 0 unspecified atom stereocenters. The van der Waals surface area contributed by atoms with Gasteiger partial charge in [-0.25, -0.2) is 4.98 Å². The molecule has 1 aromatic heterocycles. The second-order valence-corrected chi connectivity index (χ2v) is 8.47. The number of thiocarbonyl (C=S) groups is 1. The summed E-state index contributed by atoms with van der Waals surface area (Å²) >= 11 is 8.65. The average Bonchev–Trinajstić information content (AvgIpc) is 3.16. The third-order valence-corrected chi connectivity index (χ3v) is 5.62. The van der Waals surface area contributed by atoms with E-state index in [4.69, 9.17) is 21.4 Å². The molecule has 6 nitrogen and oxygen atoms in total. The summed E-state index contributed by atoms with van der Waals surface area (Å²) in [6.07, 6.45) is 0.585. The number of carbonyl (C=O) groups is 1. The van der Waals surface area contributed by atoms with Crippen molar-refractivity contribution in [1.82, 2.24) is 10.3 Å². The van der Waals surface area contributed by atoms with Crippen LogP contribution in [0.25, 0.3) is 11.1 Å². The van der Waals surface area contributed by atoms with Crippen LogP contribution in [0.15, 0.2) is 69.6 Å². The predicted octanol–water partition coefficient (Wildman–Crippen LogP) is 5.62. The lowest BCUT2D eigenvalue weighted by Gasteiger charge is -2.11. The van der Waals surface area contributed by atoms with Crippen LogP contribution in [0.4, 0.5) is 5.69 Å². The van der Waals surface area contributed by atoms with E-state index >= 15 is 0 Å². The Hall–Kier alpha value is -3.23. The van der Waals surface area contributed by atoms with E-state index in [0.29, 0.717) is 28.1 Å². The van der Waals surface area contributed by atoms with Crippen LogP contribution in [0.1, 0.15) is 27.4 Å². The van der Waals surface area contributed by atoms with Crippen molar-refractivity contribution in [2.45, 2.75) is 13.3 Å². The Labute approximate surface area is 199 Å². The number of carbonyl (C=O) groups excluding carboxylic acids is 1. The van der Waals surface area contributed by atoms with E-state index in [9.17, 15) is 4.79 Å². The molecule has 0 bridgehead atoms. The smallest absolute Gasteiger partial charge is 0.257 e. The van der Waals surface area contributed by atoms with Crippen molar-refractivity contribution >= 4 is 56.0 Å². The van der Waals surface area contributed by atoms with Crippen molar-refractivity contribution in [2.24, 2.45) is 0 Å². The number of fused-ring (bicyclic) bond motifs is 1. The fourth-order valence-corrected chi connectivity index (χ4v) is 3.94. The topological polar surface area (TPSA) is 76.4 Å². The molecule has 0 saturated heterocycles. The number of halogens is 1. The number of ether oxygens (including phenoxy) is 1. The van der Waals surface area contributed by atoms with Crippen molar-refractivity contribution in [1.29, 1.82) is 0 Å². The highest BCUT2D eigenvalue weighted by molar-refractivity contribution is 9.10. The molecule has 2 N–H and O–H groups in total. The summed E-state index contributed by atoms with van der Waals surface area (Å²) < 4.78 is 11.7. The molecule has 162 valence electrons. The van der Waals surface area contributed by atoms with Crippen LogP contribution in [0, 0.1) is 6.92 Å². The Morgan fingerprint density at radius 3 is 2.62 bits per heavy atom. The van der Waals surface area contributed by atoms with Gasteiger partial charge < -0.3 is 14.5 Å². The van der Waals surface area contributed by atoms with E-state index in [-0.39, 0.29) is 11.0 Å². The van der Waals surface area contributed by atoms with Gasteiger partial charge in [0.05, 0.1) is 11.6 Å². The molecule has 0 atom stereocenters. The predicted molar refractivity (Wildman–Crippen MR) is 132 cm³/mol.